The molecule has 1 aromatic heterocycles. The summed E-state index contributed by atoms with van der Waals surface area (Å²) < 4.78 is 7.39. The van der Waals surface area contributed by atoms with Crippen LogP contribution in [0, 0.1) is 13.8 Å². The van der Waals surface area contributed by atoms with Gasteiger partial charge in [0.2, 0.25) is 0 Å². The lowest BCUT2D eigenvalue weighted by atomic mass is 9.95. The SMILES string of the molecule is CCCNC(c1cccc(C)c1C)c1c(OC)cnn1C. The summed E-state index contributed by atoms with van der Waals surface area (Å²) in [6, 6.07) is 6.53. The number of aromatic nitrogens is 2. The molecular weight excluding hydrogens is 262 g/mol. The van der Waals surface area contributed by atoms with Crippen molar-refractivity contribution in [2.45, 2.75) is 33.2 Å². The summed E-state index contributed by atoms with van der Waals surface area (Å²) in [5, 5.41) is 7.98. The van der Waals surface area contributed by atoms with Crippen LogP contribution in [0.25, 0.3) is 0 Å². The Hall–Kier alpha value is -1.81. The molecule has 0 radical (unpaired) electrons. The predicted molar refractivity (Wildman–Crippen MR) is 85.8 cm³/mol. The van der Waals surface area contributed by atoms with Gasteiger partial charge in [-0.2, -0.15) is 5.10 Å². The topological polar surface area (TPSA) is 39.1 Å². The molecule has 0 amide bonds. The molecular formula is C17H25N3O. The number of nitrogens with one attached hydrogen (secondary N) is 1. The zero-order valence-corrected chi connectivity index (χ0v) is 13.6. The van der Waals surface area contributed by atoms with Crippen molar-refractivity contribution >= 4 is 0 Å². The van der Waals surface area contributed by atoms with Gasteiger partial charge in [0.25, 0.3) is 0 Å². The van der Waals surface area contributed by atoms with Gasteiger partial charge >= 0.3 is 0 Å². The van der Waals surface area contributed by atoms with Crippen LogP contribution in [-0.2, 0) is 7.05 Å². The maximum atomic E-state index is 5.50. The number of nitrogens with zero attached hydrogens (tertiary/aromatic N) is 2. The lowest BCUT2D eigenvalue weighted by Crippen LogP contribution is -2.26. The third-order valence-electron chi connectivity index (χ3n) is 4.00. The Morgan fingerprint density at radius 1 is 1.33 bits per heavy atom. The Balaban J connectivity index is 2.52. The second-order valence-corrected chi connectivity index (χ2v) is 5.40. The van der Waals surface area contributed by atoms with Gasteiger partial charge < -0.3 is 10.1 Å². The Morgan fingerprint density at radius 3 is 2.76 bits per heavy atom. The highest BCUT2D eigenvalue weighted by atomic mass is 16.5. The highest BCUT2D eigenvalue weighted by Crippen LogP contribution is 2.32. The molecule has 21 heavy (non-hydrogen) atoms. The van der Waals surface area contributed by atoms with Crippen molar-refractivity contribution in [2.75, 3.05) is 13.7 Å². The fourth-order valence-corrected chi connectivity index (χ4v) is 2.64. The molecule has 0 bridgehead atoms. The largest absolute Gasteiger partial charge is 0.493 e. The number of rotatable bonds is 6. The lowest BCUT2D eigenvalue weighted by molar-refractivity contribution is 0.400. The van der Waals surface area contributed by atoms with E-state index in [0.29, 0.717) is 0 Å². The normalized spacial score (nSPS) is 12.4. The van der Waals surface area contributed by atoms with Crippen molar-refractivity contribution in [3.8, 4) is 5.75 Å². The van der Waals surface area contributed by atoms with E-state index in [9.17, 15) is 0 Å². The summed E-state index contributed by atoms with van der Waals surface area (Å²) in [6.07, 6.45) is 2.86. The van der Waals surface area contributed by atoms with E-state index < -0.39 is 0 Å². The number of methoxy groups -OCH3 is 1. The van der Waals surface area contributed by atoms with E-state index >= 15 is 0 Å². The Labute approximate surface area is 127 Å². The van der Waals surface area contributed by atoms with Gasteiger partial charge in [0.15, 0.2) is 5.75 Å². The summed E-state index contributed by atoms with van der Waals surface area (Å²) in [4.78, 5) is 0. The van der Waals surface area contributed by atoms with Gasteiger partial charge in [-0.05, 0) is 43.5 Å². The van der Waals surface area contributed by atoms with Crippen molar-refractivity contribution in [3.63, 3.8) is 0 Å². The first-order chi connectivity index (χ1) is 10.1. The molecule has 1 aromatic carbocycles. The monoisotopic (exact) mass is 287 g/mol. The first-order valence-electron chi connectivity index (χ1n) is 7.45. The van der Waals surface area contributed by atoms with E-state index in [4.69, 9.17) is 4.74 Å². The maximum Gasteiger partial charge on any atom is 0.161 e. The van der Waals surface area contributed by atoms with Crippen LogP contribution in [-0.4, -0.2) is 23.4 Å². The highest BCUT2D eigenvalue weighted by Gasteiger charge is 2.23. The minimum atomic E-state index is 0.0901. The molecule has 2 aromatic rings. The van der Waals surface area contributed by atoms with E-state index in [2.05, 4.69) is 49.4 Å². The molecule has 0 aliphatic heterocycles. The number of hydrogen-bond acceptors (Lipinski definition) is 3. The first kappa shape index (κ1) is 15.6. The molecule has 0 aliphatic rings. The molecule has 0 aliphatic carbocycles. The molecule has 1 N–H and O–H groups in total. The molecule has 4 nitrogen and oxygen atoms in total. The molecule has 114 valence electrons. The van der Waals surface area contributed by atoms with Crippen molar-refractivity contribution in [3.05, 3.63) is 46.8 Å². The van der Waals surface area contributed by atoms with Gasteiger partial charge in [-0.15, -0.1) is 0 Å². The molecule has 1 heterocycles. The minimum absolute atomic E-state index is 0.0901. The van der Waals surface area contributed by atoms with Gasteiger partial charge in [0, 0.05) is 7.05 Å². The number of hydrogen-bond donors (Lipinski definition) is 1. The highest BCUT2D eigenvalue weighted by molar-refractivity contribution is 5.42. The van der Waals surface area contributed by atoms with Gasteiger partial charge in [-0.3, -0.25) is 4.68 Å². The minimum Gasteiger partial charge on any atom is -0.493 e. The maximum absolute atomic E-state index is 5.50. The predicted octanol–water partition coefficient (Wildman–Crippen LogP) is 3.13. The number of ether oxygens (including phenoxy) is 1. The van der Waals surface area contributed by atoms with Gasteiger partial charge in [0.1, 0.15) is 5.69 Å². The van der Waals surface area contributed by atoms with E-state index in [1.54, 1.807) is 13.3 Å². The van der Waals surface area contributed by atoms with Crippen molar-refractivity contribution in [1.29, 1.82) is 0 Å². The Kier molecular flexibility index (Phi) is 5.02. The van der Waals surface area contributed by atoms with Gasteiger partial charge in [-0.1, -0.05) is 25.1 Å². The summed E-state index contributed by atoms with van der Waals surface area (Å²) in [5.41, 5.74) is 4.97. The van der Waals surface area contributed by atoms with Crippen LogP contribution in [0.3, 0.4) is 0 Å². The second kappa shape index (κ2) is 6.76. The molecule has 1 atom stereocenters. The molecule has 1 unspecified atom stereocenters. The van der Waals surface area contributed by atoms with Gasteiger partial charge in [-0.25, -0.2) is 0 Å². The summed E-state index contributed by atoms with van der Waals surface area (Å²) in [7, 11) is 3.66. The van der Waals surface area contributed by atoms with Crippen molar-refractivity contribution in [2.24, 2.45) is 7.05 Å². The van der Waals surface area contributed by atoms with E-state index in [-0.39, 0.29) is 6.04 Å². The fraction of sp³-hybridized carbons (Fsp3) is 0.471. The average Bonchev–Trinajstić information content (AvgIpc) is 2.85. The average molecular weight is 287 g/mol. The quantitative estimate of drug-likeness (QED) is 0.887. The zero-order chi connectivity index (χ0) is 15.4. The summed E-state index contributed by atoms with van der Waals surface area (Å²) >= 11 is 0. The lowest BCUT2D eigenvalue weighted by Gasteiger charge is -2.23. The van der Waals surface area contributed by atoms with Crippen LogP contribution < -0.4 is 10.1 Å². The van der Waals surface area contributed by atoms with E-state index in [1.807, 2.05) is 11.7 Å². The smallest absolute Gasteiger partial charge is 0.161 e. The summed E-state index contributed by atoms with van der Waals surface area (Å²) in [5.74, 6) is 0.826. The van der Waals surface area contributed by atoms with Gasteiger partial charge in [0.05, 0.1) is 19.3 Å². The van der Waals surface area contributed by atoms with Crippen LogP contribution in [0.4, 0.5) is 0 Å². The van der Waals surface area contributed by atoms with Crippen LogP contribution in [0.2, 0.25) is 0 Å². The van der Waals surface area contributed by atoms with Crippen LogP contribution >= 0.6 is 0 Å². The third-order valence-corrected chi connectivity index (χ3v) is 4.00. The third kappa shape index (κ3) is 3.10. The molecule has 0 spiro atoms. The van der Waals surface area contributed by atoms with Crippen LogP contribution in [0.1, 0.15) is 41.8 Å². The van der Waals surface area contributed by atoms with E-state index in [0.717, 1.165) is 24.4 Å². The molecule has 4 heteroatoms. The molecule has 0 fully saturated rings. The number of benzene rings is 1. The number of aryl methyl sites for hydroxylation is 2. The standard InChI is InChI=1S/C17H25N3O/c1-6-10-18-16(14-9-7-8-12(2)13(14)3)17-15(21-5)11-19-20(17)4/h7-9,11,16,18H,6,10H2,1-5H3. The molecule has 0 saturated carbocycles. The Morgan fingerprint density at radius 2 is 2.10 bits per heavy atom. The fourth-order valence-electron chi connectivity index (χ4n) is 2.64. The van der Waals surface area contributed by atoms with Crippen molar-refractivity contribution in [1.82, 2.24) is 15.1 Å². The Bertz CT molecular complexity index is 604. The van der Waals surface area contributed by atoms with Crippen molar-refractivity contribution < 1.29 is 4.74 Å². The van der Waals surface area contributed by atoms with E-state index in [1.165, 1.54) is 16.7 Å². The first-order valence-corrected chi connectivity index (χ1v) is 7.45. The zero-order valence-electron chi connectivity index (χ0n) is 13.6. The van der Waals surface area contributed by atoms with Crippen LogP contribution in [0.5, 0.6) is 5.75 Å². The van der Waals surface area contributed by atoms with Crippen LogP contribution in [0.15, 0.2) is 24.4 Å². The second-order valence-electron chi connectivity index (χ2n) is 5.40. The molecule has 2 rings (SSSR count). The summed E-state index contributed by atoms with van der Waals surface area (Å²) in [6.45, 7) is 7.45. The molecule has 0 saturated heterocycles.